The van der Waals surface area contributed by atoms with Crippen LogP contribution in [0.1, 0.15) is 39.6 Å². The molecular formula is C17H16ClF. The number of hydrogen-bond donors (Lipinski definition) is 0. The van der Waals surface area contributed by atoms with Crippen LogP contribution in [0.25, 0.3) is 0 Å². The molecule has 0 N–H and O–H groups in total. The Bertz CT molecular complexity index is 619. The summed E-state index contributed by atoms with van der Waals surface area (Å²) in [7, 11) is 0. The van der Waals surface area contributed by atoms with Crippen molar-refractivity contribution in [3.05, 3.63) is 70.0 Å². The Morgan fingerprint density at radius 2 is 1.84 bits per heavy atom. The summed E-state index contributed by atoms with van der Waals surface area (Å²) in [5, 5.41) is -0.276. The van der Waals surface area contributed by atoms with Crippen molar-refractivity contribution in [1.29, 1.82) is 0 Å². The number of alkyl halides is 1. The van der Waals surface area contributed by atoms with Crippen LogP contribution < -0.4 is 0 Å². The molecular weight excluding hydrogens is 259 g/mol. The highest BCUT2D eigenvalue weighted by Crippen LogP contribution is 2.34. The van der Waals surface area contributed by atoms with Crippen molar-refractivity contribution in [2.24, 2.45) is 0 Å². The zero-order chi connectivity index (χ0) is 13.4. The van der Waals surface area contributed by atoms with Crippen molar-refractivity contribution in [2.75, 3.05) is 0 Å². The average Bonchev–Trinajstić information content (AvgIpc) is 2.88. The first-order valence-corrected chi connectivity index (χ1v) is 7.10. The molecule has 1 atom stereocenters. The Kier molecular flexibility index (Phi) is 3.32. The summed E-state index contributed by atoms with van der Waals surface area (Å²) in [4.78, 5) is 0. The van der Waals surface area contributed by atoms with E-state index in [1.807, 2.05) is 6.92 Å². The van der Waals surface area contributed by atoms with E-state index in [4.69, 9.17) is 11.6 Å². The molecule has 1 aliphatic rings. The molecule has 0 aromatic heterocycles. The van der Waals surface area contributed by atoms with Crippen LogP contribution in [0.5, 0.6) is 0 Å². The van der Waals surface area contributed by atoms with E-state index in [0.717, 1.165) is 23.1 Å². The van der Waals surface area contributed by atoms with Gasteiger partial charge < -0.3 is 0 Å². The van der Waals surface area contributed by atoms with Crippen LogP contribution in [0.15, 0.2) is 36.4 Å². The normalized spacial score (nSPS) is 15.3. The van der Waals surface area contributed by atoms with Gasteiger partial charge in [-0.3, -0.25) is 0 Å². The monoisotopic (exact) mass is 274 g/mol. The van der Waals surface area contributed by atoms with Gasteiger partial charge in [-0.2, -0.15) is 0 Å². The molecule has 3 rings (SSSR count). The van der Waals surface area contributed by atoms with Crippen LogP contribution in [-0.4, -0.2) is 0 Å². The SMILES string of the molecule is Cc1ccc(F)cc1C(Cl)c1ccc2c(c1)CCC2. The van der Waals surface area contributed by atoms with Gasteiger partial charge in [0.15, 0.2) is 0 Å². The maximum Gasteiger partial charge on any atom is 0.123 e. The molecule has 2 heteroatoms. The van der Waals surface area contributed by atoms with Crippen molar-refractivity contribution in [2.45, 2.75) is 31.6 Å². The molecule has 98 valence electrons. The Hall–Kier alpha value is -1.34. The average molecular weight is 275 g/mol. The van der Waals surface area contributed by atoms with Crippen LogP contribution >= 0.6 is 11.6 Å². The van der Waals surface area contributed by atoms with Crippen molar-refractivity contribution in [3.63, 3.8) is 0 Å². The highest BCUT2D eigenvalue weighted by atomic mass is 35.5. The first-order chi connectivity index (χ1) is 9.15. The molecule has 0 fully saturated rings. The van der Waals surface area contributed by atoms with Crippen molar-refractivity contribution < 1.29 is 4.39 Å². The van der Waals surface area contributed by atoms with E-state index in [2.05, 4.69) is 18.2 Å². The van der Waals surface area contributed by atoms with Crippen LogP contribution in [0, 0.1) is 12.7 Å². The number of hydrogen-bond acceptors (Lipinski definition) is 0. The first-order valence-electron chi connectivity index (χ1n) is 6.67. The molecule has 0 spiro atoms. The van der Waals surface area contributed by atoms with Crippen molar-refractivity contribution in [1.82, 2.24) is 0 Å². The topological polar surface area (TPSA) is 0 Å². The Labute approximate surface area is 118 Å². The lowest BCUT2D eigenvalue weighted by Gasteiger charge is -2.14. The summed E-state index contributed by atoms with van der Waals surface area (Å²) in [6, 6.07) is 11.2. The van der Waals surface area contributed by atoms with Crippen molar-refractivity contribution in [3.8, 4) is 0 Å². The van der Waals surface area contributed by atoms with Gasteiger partial charge in [0.25, 0.3) is 0 Å². The van der Waals surface area contributed by atoms with Gasteiger partial charge in [-0.1, -0.05) is 24.3 Å². The Morgan fingerprint density at radius 3 is 2.68 bits per heavy atom. The highest BCUT2D eigenvalue weighted by molar-refractivity contribution is 6.22. The molecule has 0 nitrogen and oxygen atoms in total. The second-order valence-corrected chi connectivity index (χ2v) is 5.68. The van der Waals surface area contributed by atoms with E-state index >= 15 is 0 Å². The van der Waals surface area contributed by atoms with E-state index in [1.54, 1.807) is 12.1 Å². The fourth-order valence-corrected chi connectivity index (χ4v) is 3.18. The third-order valence-corrected chi connectivity index (χ3v) is 4.42. The third-order valence-electron chi connectivity index (χ3n) is 3.93. The number of rotatable bonds is 2. The molecule has 0 aliphatic heterocycles. The molecule has 1 unspecified atom stereocenters. The summed E-state index contributed by atoms with van der Waals surface area (Å²) in [6.07, 6.45) is 3.53. The molecule has 0 amide bonds. The second-order valence-electron chi connectivity index (χ2n) is 5.25. The number of halogens is 2. The van der Waals surface area contributed by atoms with Gasteiger partial charge in [0.2, 0.25) is 0 Å². The molecule has 2 aromatic rings. The molecule has 2 aromatic carbocycles. The van der Waals surface area contributed by atoms with Gasteiger partial charge in [0.05, 0.1) is 5.38 Å². The van der Waals surface area contributed by atoms with Gasteiger partial charge in [0.1, 0.15) is 5.82 Å². The first kappa shape index (κ1) is 12.7. The summed E-state index contributed by atoms with van der Waals surface area (Å²) in [5.74, 6) is -0.229. The predicted molar refractivity (Wildman–Crippen MR) is 77.3 cm³/mol. The van der Waals surface area contributed by atoms with E-state index in [1.165, 1.54) is 30.0 Å². The minimum Gasteiger partial charge on any atom is -0.207 e. The van der Waals surface area contributed by atoms with Gasteiger partial charge in [-0.05, 0) is 66.1 Å². The standard InChI is InChI=1S/C17H16ClF/c1-11-5-8-15(19)10-16(11)17(18)14-7-6-12-3-2-4-13(12)9-14/h5-10,17H,2-4H2,1H3. The Balaban J connectivity index is 1.99. The maximum absolute atomic E-state index is 13.4. The van der Waals surface area contributed by atoms with Crippen LogP contribution in [0.4, 0.5) is 4.39 Å². The summed E-state index contributed by atoms with van der Waals surface area (Å²) in [6.45, 7) is 1.97. The molecule has 0 saturated heterocycles. The van der Waals surface area contributed by atoms with Gasteiger partial charge >= 0.3 is 0 Å². The van der Waals surface area contributed by atoms with Crippen LogP contribution in [0.3, 0.4) is 0 Å². The fraction of sp³-hybridized carbons (Fsp3) is 0.294. The van der Waals surface area contributed by atoms with Crippen molar-refractivity contribution >= 4 is 11.6 Å². The number of aryl methyl sites for hydroxylation is 3. The summed E-state index contributed by atoms with van der Waals surface area (Å²) >= 11 is 6.54. The quantitative estimate of drug-likeness (QED) is 0.680. The van der Waals surface area contributed by atoms with E-state index in [0.29, 0.717) is 0 Å². The highest BCUT2D eigenvalue weighted by Gasteiger charge is 2.17. The lowest BCUT2D eigenvalue weighted by atomic mass is 9.97. The maximum atomic E-state index is 13.4. The Morgan fingerprint density at radius 1 is 1.05 bits per heavy atom. The summed E-state index contributed by atoms with van der Waals surface area (Å²) in [5.41, 5.74) is 5.79. The minimum atomic E-state index is -0.276. The van der Waals surface area contributed by atoms with Gasteiger partial charge in [-0.25, -0.2) is 4.39 Å². The molecule has 0 bridgehead atoms. The van der Waals surface area contributed by atoms with Gasteiger partial charge in [0, 0.05) is 0 Å². The molecule has 1 aliphatic carbocycles. The summed E-state index contributed by atoms with van der Waals surface area (Å²) < 4.78 is 13.4. The fourth-order valence-electron chi connectivity index (χ4n) is 2.81. The zero-order valence-electron chi connectivity index (χ0n) is 10.9. The molecule has 0 saturated carbocycles. The second kappa shape index (κ2) is 4.97. The van der Waals surface area contributed by atoms with Gasteiger partial charge in [-0.15, -0.1) is 11.6 Å². The molecule has 0 radical (unpaired) electrons. The largest absolute Gasteiger partial charge is 0.207 e. The lowest BCUT2D eigenvalue weighted by Crippen LogP contribution is -1.98. The molecule has 0 heterocycles. The number of fused-ring (bicyclic) bond motifs is 1. The smallest absolute Gasteiger partial charge is 0.123 e. The third kappa shape index (κ3) is 2.40. The van der Waals surface area contributed by atoms with E-state index in [-0.39, 0.29) is 11.2 Å². The number of benzene rings is 2. The lowest BCUT2D eigenvalue weighted by molar-refractivity contribution is 0.625. The molecule has 19 heavy (non-hydrogen) atoms. The van der Waals surface area contributed by atoms with E-state index in [9.17, 15) is 4.39 Å². The zero-order valence-corrected chi connectivity index (χ0v) is 11.7. The van der Waals surface area contributed by atoms with E-state index < -0.39 is 0 Å². The van der Waals surface area contributed by atoms with Crippen LogP contribution in [0.2, 0.25) is 0 Å². The minimum absolute atomic E-state index is 0.229. The van der Waals surface area contributed by atoms with Crippen LogP contribution in [-0.2, 0) is 12.8 Å². The predicted octanol–water partition coefficient (Wildman–Crippen LogP) is 4.95.